The van der Waals surface area contributed by atoms with Gasteiger partial charge in [0.15, 0.2) is 0 Å². The molecular formula is C12H8ClNO3. The van der Waals surface area contributed by atoms with E-state index in [0.717, 1.165) is 0 Å². The van der Waals surface area contributed by atoms with E-state index >= 15 is 0 Å². The molecule has 0 aliphatic carbocycles. The van der Waals surface area contributed by atoms with Crippen LogP contribution in [-0.2, 0) is 0 Å². The largest absolute Gasteiger partial charge is 0.506 e. The molecule has 2 aromatic rings. The summed E-state index contributed by atoms with van der Waals surface area (Å²) in [6.07, 6.45) is 2.96. The fourth-order valence-corrected chi connectivity index (χ4v) is 1.32. The summed E-state index contributed by atoms with van der Waals surface area (Å²) in [7, 11) is 0. The topological polar surface area (TPSA) is 59.4 Å². The lowest BCUT2D eigenvalue weighted by Crippen LogP contribution is -2.08. The van der Waals surface area contributed by atoms with Crippen LogP contribution in [0.15, 0.2) is 42.7 Å². The Bertz CT molecular complexity index is 543. The van der Waals surface area contributed by atoms with Crippen molar-refractivity contribution >= 4 is 17.6 Å². The molecule has 1 N–H and O–H groups in total. The van der Waals surface area contributed by atoms with Crippen molar-refractivity contribution in [3.05, 3.63) is 53.3 Å². The molecule has 1 heterocycles. The minimum absolute atomic E-state index is 0.136. The Morgan fingerprint density at radius 2 is 2.18 bits per heavy atom. The summed E-state index contributed by atoms with van der Waals surface area (Å²) in [5, 5.41) is 9.55. The number of pyridine rings is 1. The minimum Gasteiger partial charge on any atom is -0.506 e. The van der Waals surface area contributed by atoms with Crippen molar-refractivity contribution in [2.24, 2.45) is 0 Å². The van der Waals surface area contributed by atoms with Crippen molar-refractivity contribution in [3.8, 4) is 11.5 Å². The lowest BCUT2D eigenvalue weighted by atomic mass is 10.3. The van der Waals surface area contributed by atoms with Gasteiger partial charge in [-0.1, -0.05) is 11.6 Å². The second-order valence-electron chi connectivity index (χ2n) is 3.24. The number of carbonyl (C=O) groups excluding carboxylic acids is 1. The van der Waals surface area contributed by atoms with Crippen LogP contribution in [0.3, 0.4) is 0 Å². The number of carbonyl (C=O) groups is 1. The summed E-state index contributed by atoms with van der Waals surface area (Å²) in [6, 6.07) is 7.44. The van der Waals surface area contributed by atoms with Crippen molar-refractivity contribution in [2.45, 2.75) is 0 Å². The highest BCUT2D eigenvalue weighted by Gasteiger charge is 2.09. The third kappa shape index (κ3) is 2.73. The molecule has 2 rings (SSSR count). The Kier molecular flexibility index (Phi) is 3.25. The van der Waals surface area contributed by atoms with Gasteiger partial charge in [0.05, 0.1) is 10.6 Å². The lowest BCUT2D eigenvalue weighted by molar-refractivity contribution is 0.0734. The molecule has 0 saturated carbocycles. The highest BCUT2D eigenvalue weighted by atomic mass is 35.5. The van der Waals surface area contributed by atoms with Gasteiger partial charge in [-0.15, -0.1) is 0 Å². The molecule has 0 bridgehead atoms. The van der Waals surface area contributed by atoms with Gasteiger partial charge in [-0.25, -0.2) is 4.79 Å². The van der Waals surface area contributed by atoms with E-state index in [4.69, 9.17) is 16.3 Å². The second-order valence-corrected chi connectivity index (χ2v) is 3.65. The molecule has 0 spiro atoms. The maximum Gasteiger partial charge on any atom is 0.345 e. The molecule has 0 saturated heterocycles. The van der Waals surface area contributed by atoms with Crippen LogP contribution in [0.25, 0.3) is 0 Å². The van der Waals surface area contributed by atoms with Crippen LogP contribution in [0.4, 0.5) is 0 Å². The monoisotopic (exact) mass is 249 g/mol. The Balaban J connectivity index is 2.16. The average Bonchev–Trinajstić information content (AvgIpc) is 2.35. The number of nitrogens with zero attached hydrogens (tertiary/aromatic N) is 1. The van der Waals surface area contributed by atoms with Gasteiger partial charge in [0, 0.05) is 18.5 Å². The summed E-state index contributed by atoms with van der Waals surface area (Å²) in [4.78, 5) is 15.4. The zero-order valence-electron chi connectivity index (χ0n) is 8.63. The molecule has 4 nitrogen and oxygen atoms in total. The van der Waals surface area contributed by atoms with E-state index in [1.54, 1.807) is 18.3 Å². The fraction of sp³-hybridized carbons (Fsp3) is 0. The van der Waals surface area contributed by atoms with Gasteiger partial charge in [0.2, 0.25) is 0 Å². The summed E-state index contributed by atoms with van der Waals surface area (Å²) >= 11 is 5.63. The zero-order chi connectivity index (χ0) is 12.3. The number of benzene rings is 1. The van der Waals surface area contributed by atoms with E-state index in [-0.39, 0.29) is 16.5 Å². The standard InChI is InChI=1S/C12H8ClNO3/c13-10-4-3-9(6-11(10)15)17-12(16)8-2-1-5-14-7-8/h1-7,15H. The van der Waals surface area contributed by atoms with Crippen molar-refractivity contribution < 1.29 is 14.6 Å². The molecule has 1 aromatic heterocycles. The lowest BCUT2D eigenvalue weighted by Gasteiger charge is -2.04. The van der Waals surface area contributed by atoms with Gasteiger partial charge in [-0.2, -0.15) is 0 Å². The number of aromatic hydroxyl groups is 1. The first-order valence-electron chi connectivity index (χ1n) is 4.77. The molecule has 1 aromatic carbocycles. The van der Waals surface area contributed by atoms with Crippen LogP contribution in [0.1, 0.15) is 10.4 Å². The third-order valence-electron chi connectivity index (χ3n) is 2.03. The number of phenols is 1. The zero-order valence-corrected chi connectivity index (χ0v) is 9.39. The Morgan fingerprint density at radius 1 is 1.35 bits per heavy atom. The number of phenolic OH excluding ortho intramolecular Hbond substituents is 1. The number of ether oxygens (including phenoxy) is 1. The molecule has 0 aliphatic rings. The van der Waals surface area contributed by atoms with Gasteiger partial charge in [0.25, 0.3) is 0 Å². The Hall–Kier alpha value is -2.07. The highest BCUT2D eigenvalue weighted by molar-refractivity contribution is 6.32. The van der Waals surface area contributed by atoms with Crippen LogP contribution in [0.5, 0.6) is 11.5 Å². The third-order valence-corrected chi connectivity index (χ3v) is 2.35. The molecule has 0 fully saturated rings. The Morgan fingerprint density at radius 3 is 2.82 bits per heavy atom. The normalized spacial score (nSPS) is 9.94. The number of hydrogen-bond donors (Lipinski definition) is 1. The molecule has 86 valence electrons. The van der Waals surface area contributed by atoms with Crippen molar-refractivity contribution in [2.75, 3.05) is 0 Å². The maximum atomic E-state index is 11.6. The first-order chi connectivity index (χ1) is 8.16. The molecule has 0 aliphatic heterocycles. The summed E-state index contributed by atoms with van der Waals surface area (Å²) in [6.45, 7) is 0. The summed E-state index contributed by atoms with van der Waals surface area (Å²) in [5.74, 6) is -0.455. The minimum atomic E-state index is -0.542. The van der Waals surface area contributed by atoms with Gasteiger partial charge in [-0.05, 0) is 24.3 Å². The SMILES string of the molecule is O=C(Oc1ccc(Cl)c(O)c1)c1cccnc1. The molecule has 0 amide bonds. The van der Waals surface area contributed by atoms with Gasteiger partial charge < -0.3 is 9.84 Å². The predicted molar refractivity (Wildman–Crippen MR) is 62.3 cm³/mol. The fourth-order valence-electron chi connectivity index (χ4n) is 1.21. The van der Waals surface area contributed by atoms with Crippen LogP contribution in [0.2, 0.25) is 5.02 Å². The van der Waals surface area contributed by atoms with Gasteiger partial charge in [0.1, 0.15) is 11.5 Å². The maximum absolute atomic E-state index is 11.6. The molecular weight excluding hydrogens is 242 g/mol. The predicted octanol–water partition coefficient (Wildman–Crippen LogP) is 2.66. The molecule has 0 atom stereocenters. The van der Waals surface area contributed by atoms with Gasteiger partial charge in [-0.3, -0.25) is 4.98 Å². The van der Waals surface area contributed by atoms with E-state index < -0.39 is 5.97 Å². The number of halogens is 1. The van der Waals surface area contributed by atoms with E-state index in [9.17, 15) is 9.90 Å². The smallest absolute Gasteiger partial charge is 0.345 e. The van der Waals surface area contributed by atoms with E-state index in [0.29, 0.717) is 5.56 Å². The van der Waals surface area contributed by atoms with Crippen LogP contribution < -0.4 is 4.74 Å². The number of hydrogen-bond acceptors (Lipinski definition) is 4. The molecule has 5 heteroatoms. The Labute approximate surface area is 102 Å². The van der Waals surface area contributed by atoms with E-state index in [2.05, 4.69) is 4.98 Å². The summed E-state index contributed by atoms with van der Waals surface area (Å²) < 4.78 is 5.04. The molecule has 0 unspecified atom stereocenters. The molecule has 0 radical (unpaired) electrons. The summed E-state index contributed by atoms with van der Waals surface area (Å²) in [5.41, 5.74) is 0.335. The average molecular weight is 250 g/mol. The van der Waals surface area contributed by atoms with Crippen molar-refractivity contribution in [3.63, 3.8) is 0 Å². The molecule has 17 heavy (non-hydrogen) atoms. The number of rotatable bonds is 2. The first kappa shape index (κ1) is 11.4. The highest BCUT2D eigenvalue weighted by Crippen LogP contribution is 2.27. The van der Waals surface area contributed by atoms with Crippen molar-refractivity contribution in [1.82, 2.24) is 4.98 Å². The van der Waals surface area contributed by atoms with Crippen LogP contribution >= 0.6 is 11.6 Å². The van der Waals surface area contributed by atoms with Gasteiger partial charge >= 0.3 is 5.97 Å². The first-order valence-corrected chi connectivity index (χ1v) is 5.15. The van der Waals surface area contributed by atoms with E-state index in [1.165, 1.54) is 24.4 Å². The number of esters is 1. The quantitative estimate of drug-likeness (QED) is 0.657. The van der Waals surface area contributed by atoms with E-state index in [1.807, 2.05) is 0 Å². The van der Waals surface area contributed by atoms with Crippen LogP contribution in [0, 0.1) is 0 Å². The van der Waals surface area contributed by atoms with Crippen molar-refractivity contribution in [1.29, 1.82) is 0 Å². The number of aromatic nitrogens is 1. The van der Waals surface area contributed by atoms with Crippen LogP contribution in [-0.4, -0.2) is 16.1 Å². The second kappa shape index (κ2) is 4.84.